The Bertz CT molecular complexity index is 1080. The van der Waals surface area contributed by atoms with E-state index < -0.39 is 7.67 Å². The number of benzene rings is 2. The summed E-state index contributed by atoms with van der Waals surface area (Å²) in [7, 11) is -2.87. The van der Waals surface area contributed by atoms with Crippen LogP contribution in [0.4, 0.5) is 0 Å². The summed E-state index contributed by atoms with van der Waals surface area (Å²) >= 11 is 1.60. The minimum absolute atomic E-state index is 0.0457. The maximum Gasteiger partial charge on any atom is 0.346 e. The third-order valence-electron chi connectivity index (χ3n) is 4.68. The molecular weight excluding hydrogens is 397 g/mol. The fraction of sp³-hybridized carbons (Fsp3) is 0.316. The van der Waals surface area contributed by atoms with Gasteiger partial charge in [-0.1, -0.05) is 6.07 Å². The van der Waals surface area contributed by atoms with Gasteiger partial charge < -0.3 is 14.4 Å². The summed E-state index contributed by atoms with van der Waals surface area (Å²) in [5.74, 6) is 1.02. The Morgan fingerprint density at radius 2 is 1.89 bits per heavy atom. The maximum atomic E-state index is 13.0. The molecule has 0 bridgehead atoms. The van der Waals surface area contributed by atoms with E-state index >= 15 is 0 Å². The predicted octanol–water partition coefficient (Wildman–Crippen LogP) is 4.36. The SMILES string of the molecule is Cc1nc2ccc(Oc3cc(COP(=O)(N4CC4)N4CC4)ccc3O)cc2s1. The van der Waals surface area contributed by atoms with Crippen molar-refractivity contribution in [3.63, 3.8) is 0 Å². The molecule has 0 spiro atoms. The molecule has 0 amide bonds. The van der Waals surface area contributed by atoms with Crippen molar-refractivity contribution >= 4 is 29.2 Å². The van der Waals surface area contributed by atoms with Crippen LogP contribution in [0, 0.1) is 6.92 Å². The van der Waals surface area contributed by atoms with Crippen LogP contribution >= 0.6 is 19.0 Å². The second kappa shape index (κ2) is 6.83. The maximum absolute atomic E-state index is 13.0. The fourth-order valence-corrected chi connectivity index (χ4v) is 6.08. The van der Waals surface area contributed by atoms with Gasteiger partial charge in [-0.15, -0.1) is 11.3 Å². The molecule has 5 rings (SSSR count). The number of thiazole rings is 1. The topological polar surface area (TPSA) is 74.7 Å². The molecular formula is C19H20N3O4PS. The second-order valence-electron chi connectivity index (χ2n) is 6.94. The number of nitrogens with zero attached hydrogens (tertiary/aromatic N) is 3. The summed E-state index contributed by atoms with van der Waals surface area (Å²) in [4.78, 5) is 4.44. The molecule has 0 aliphatic carbocycles. The van der Waals surface area contributed by atoms with Crippen LogP contribution < -0.4 is 4.74 Å². The number of aromatic nitrogens is 1. The van der Waals surface area contributed by atoms with Crippen LogP contribution in [0.25, 0.3) is 10.2 Å². The van der Waals surface area contributed by atoms with Crippen LogP contribution in [-0.4, -0.2) is 45.6 Å². The van der Waals surface area contributed by atoms with Crippen molar-refractivity contribution in [2.24, 2.45) is 0 Å². The lowest BCUT2D eigenvalue weighted by atomic mass is 10.2. The zero-order valence-electron chi connectivity index (χ0n) is 15.4. The van der Waals surface area contributed by atoms with E-state index in [1.165, 1.54) is 0 Å². The second-order valence-corrected chi connectivity index (χ2v) is 10.5. The summed E-state index contributed by atoms with van der Waals surface area (Å²) in [6.45, 7) is 5.44. The van der Waals surface area contributed by atoms with Gasteiger partial charge in [-0.25, -0.2) is 14.3 Å². The van der Waals surface area contributed by atoms with Crippen LogP contribution in [0.1, 0.15) is 10.6 Å². The normalized spacial score (nSPS) is 17.2. The summed E-state index contributed by atoms with van der Waals surface area (Å²) in [5.41, 5.74) is 1.73. The minimum atomic E-state index is -2.87. The number of aromatic hydroxyl groups is 1. The number of aryl methyl sites for hydroxylation is 1. The van der Waals surface area contributed by atoms with E-state index in [1.807, 2.05) is 34.5 Å². The summed E-state index contributed by atoms with van der Waals surface area (Å²) in [5, 5.41) is 11.2. The lowest BCUT2D eigenvalue weighted by Crippen LogP contribution is -2.07. The summed E-state index contributed by atoms with van der Waals surface area (Å²) in [6, 6.07) is 10.7. The van der Waals surface area contributed by atoms with Crippen molar-refractivity contribution in [1.29, 1.82) is 0 Å². The molecule has 9 heteroatoms. The average molecular weight is 417 g/mol. The summed E-state index contributed by atoms with van der Waals surface area (Å²) in [6.07, 6.45) is 0. The van der Waals surface area contributed by atoms with Gasteiger partial charge in [0.1, 0.15) is 5.75 Å². The van der Waals surface area contributed by atoms with E-state index in [9.17, 15) is 9.67 Å². The first-order chi connectivity index (χ1) is 13.5. The number of hydrogen-bond acceptors (Lipinski definition) is 6. The van der Waals surface area contributed by atoms with Gasteiger partial charge in [-0.2, -0.15) is 0 Å². The molecule has 2 aliphatic rings. The monoisotopic (exact) mass is 417 g/mol. The Hall–Kier alpha value is -1.96. The van der Waals surface area contributed by atoms with E-state index in [2.05, 4.69) is 4.98 Å². The van der Waals surface area contributed by atoms with E-state index in [1.54, 1.807) is 29.5 Å². The highest BCUT2D eigenvalue weighted by Crippen LogP contribution is 2.61. The van der Waals surface area contributed by atoms with Crippen LogP contribution in [0.2, 0.25) is 0 Å². The first-order valence-corrected chi connectivity index (χ1v) is 11.5. The van der Waals surface area contributed by atoms with Gasteiger partial charge in [-0.3, -0.25) is 4.57 Å². The molecule has 7 nitrogen and oxygen atoms in total. The van der Waals surface area contributed by atoms with Crippen LogP contribution in [0.5, 0.6) is 17.2 Å². The first-order valence-electron chi connectivity index (χ1n) is 9.14. The molecule has 3 aromatic rings. The fourth-order valence-electron chi connectivity index (χ4n) is 3.04. The Morgan fingerprint density at radius 3 is 2.61 bits per heavy atom. The molecule has 2 aliphatic heterocycles. The lowest BCUT2D eigenvalue weighted by molar-refractivity contribution is 0.263. The number of phenolic OH excluding ortho intramolecular Hbond substituents is 1. The largest absolute Gasteiger partial charge is 0.504 e. The Morgan fingerprint density at radius 1 is 1.14 bits per heavy atom. The average Bonchev–Trinajstić information content (AvgIpc) is 3.57. The Labute approximate surface area is 166 Å². The number of phenols is 1. The van der Waals surface area contributed by atoms with Crippen LogP contribution in [0.15, 0.2) is 36.4 Å². The standard InChI is InChI=1S/C19H20N3O4PS/c1-13-20-16-4-3-15(11-19(16)28-13)26-18-10-14(2-5-17(18)23)12-25-27(24,21-6-7-21)22-8-9-22/h2-5,10-11,23H,6-9,12H2,1H3. The van der Waals surface area contributed by atoms with E-state index in [0.717, 1.165) is 47.0 Å². The number of fused-ring (bicyclic) bond motifs is 1. The van der Waals surface area contributed by atoms with Gasteiger partial charge in [0.05, 0.1) is 21.8 Å². The minimum Gasteiger partial charge on any atom is -0.504 e. The molecule has 3 heterocycles. The molecule has 1 N–H and O–H groups in total. The van der Waals surface area contributed by atoms with Crippen LogP contribution in [-0.2, 0) is 15.7 Å². The smallest absolute Gasteiger partial charge is 0.346 e. The zero-order chi connectivity index (χ0) is 19.3. The van der Waals surface area contributed by atoms with Crippen molar-refractivity contribution < 1.29 is 18.9 Å². The quantitative estimate of drug-likeness (QED) is 0.452. The van der Waals surface area contributed by atoms with Crippen molar-refractivity contribution in [3.05, 3.63) is 47.0 Å². The Kier molecular flexibility index (Phi) is 4.41. The molecule has 1 aromatic heterocycles. The first kappa shape index (κ1) is 18.1. The Balaban J connectivity index is 1.34. The van der Waals surface area contributed by atoms with E-state index in [0.29, 0.717) is 11.5 Å². The molecule has 2 fully saturated rings. The van der Waals surface area contributed by atoms with Crippen molar-refractivity contribution in [2.75, 3.05) is 26.2 Å². The number of ether oxygens (including phenoxy) is 1. The molecule has 0 unspecified atom stereocenters. The van der Waals surface area contributed by atoms with E-state index in [4.69, 9.17) is 9.26 Å². The highest BCUT2D eigenvalue weighted by atomic mass is 32.1. The molecule has 0 saturated carbocycles. The molecule has 28 heavy (non-hydrogen) atoms. The van der Waals surface area contributed by atoms with Gasteiger partial charge in [0, 0.05) is 32.2 Å². The van der Waals surface area contributed by atoms with Crippen LogP contribution in [0.3, 0.4) is 0 Å². The molecule has 146 valence electrons. The molecule has 0 radical (unpaired) electrons. The number of hydrogen-bond donors (Lipinski definition) is 1. The van der Waals surface area contributed by atoms with Gasteiger partial charge in [-0.05, 0) is 36.8 Å². The molecule has 2 saturated heterocycles. The van der Waals surface area contributed by atoms with Crippen molar-refractivity contribution in [3.8, 4) is 17.2 Å². The highest BCUT2D eigenvalue weighted by molar-refractivity contribution is 7.54. The molecule has 0 atom stereocenters. The van der Waals surface area contributed by atoms with Gasteiger partial charge >= 0.3 is 7.67 Å². The van der Waals surface area contributed by atoms with Gasteiger partial charge in [0.2, 0.25) is 0 Å². The van der Waals surface area contributed by atoms with Gasteiger partial charge in [0.25, 0.3) is 0 Å². The summed E-state index contributed by atoms with van der Waals surface area (Å²) < 4.78 is 29.6. The number of rotatable bonds is 7. The van der Waals surface area contributed by atoms with E-state index in [-0.39, 0.29) is 12.4 Å². The third-order valence-corrected chi connectivity index (χ3v) is 8.31. The van der Waals surface area contributed by atoms with Gasteiger partial charge in [0.15, 0.2) is 11.5 Å². The highest BCUT2D eigenvalue weighted by Gasteiger charge is 2.49. The predicted molar refractivity (Wildman–Crippen MR) is 108 cm³/mol. The third kappa shape index (κ3) is 3.54. The van der Waals surface area contributed by atoms with Crippen molar-refractivity contribution in [1.82, 2.24) is 14.3 Å². The molecule has 2 aromatic carbocycles. The zero-order valence-corrected chi connectivity index (χ0v) is 17.1. The lowest BCUT2D eigenvalue weighted by Gasteiger charge is -2.20. The van der Waals surface area contributed by atoms with Crippen molar-refractivity contribution in [2.45, 2.75) is 13.5 Å².